The smallest absolute Gasteiger partial charge is 0.201 e. The molecule has 0 aliphatic rings. The number of halogens is 1. The molecule has 0 unspecified atom stereocenters. The van der Waals surface area contributed by atoms with Crippen molar-refractivity contribution in [3.05, 3.63) is 64.7 Å². The van der Waals surface area contributed by atoms with Gasteiger partial charge in [-0.2, -0.15) is 0 Å². The van der Waals surface area contributed by atoms with Gasteiger partial charge in [0.25, 0.3) is 0 Å². The zero-order chi connectivity index (χ0) is 13.7. The predicted molar refractivity (Wildman–Crippen MR) is 73.6 cm³/mol. The van der Waals surface area contributed by atoms with E-state index >= 15 is 0 Å². The fraction of sp³-hybridized carbons (Fsp3) is 0.133. The molecule has 2 aromatic carbocycles. The van der Waals surface area contributed by atoms with Crippen molar-refractivity contribution in [1.82, 2.24) is 0 Å². The summed E-state index contributed by atoms with van der Waals surface area (Å²) in [5, 5.41) is 9.43. The van der Waals surface area contributed by atoms with Crippen molar-refractivity contribution in [3.63, 3.8) is 0 Å². The van der Waals surface area contributed by atoms with Gasteiger partial charge in [0.15, 0.2) is 6.61 Å². The summed E-state index contributed by atoms with van der Waals surface area (Å²) in [6.07, 6.45) is 0. The molecular weight excluding hydrogens is 264 g/mol. The van der Waals surface area contributed by atoms with Crippen LogP contribution in [0.5, 0.6) is 5.75 Å². The molecule has 0 saturated carbocycles. The minimum Gasteiger partial charge on any atom is -0.485 e. The summed E-state index contributed by atoms with van der Waals surface area (Å²) in [5.74, 6) is 0.368. The molecule has 1 N–H and O–H groups in total. The van der Waals surface area contributed by atoms with Crippen LogP contribution >= 0.6 is 11.6 Å². The van der Waals surface area contributed by atoms with Crippen LogP contribution in [0.15, 0.2) is 48.5 Å². The average molecular weight is 277 g/mol. The lowest BCUT2D eigenvalue weighted by molar-refractivity contribution is 0.0921. The van der Waals surface area contributed by atoms with E-state index in [1.165, 1.54) is 0 Å². The van der Waals surface area contributed by atoms with E-state index in [4.69, 9.17) is 21.4 Å². The summed E-state index contributed by atoms with van der Waals surface area (Å²) in [5.41, 5.74) is 1.19. The number of Topliss-reactive ketones (excluding diaryl/α,β-unsaturated/α-hetero) is 1. The largest absolute Gasteiger partial charge is 0.485 e. The number of aliphatic hydroxyl groups is 1. The van der Waals surface area contributed by atoms with E-state index in [0.717, 1.165) is 5.56 Å². The van der Waals surface area contributed by atoms with Crippen LogP contribution in [0.4, 0.5) is 0 Å². The maximum atomic E-state index is 11.9. The second-order valence-electron chi connectivity index (χ2n) is 4.00. The van der Waals surface area contributed by atoms with Crippen LogP contribution in [0.2, 0.25) is 5.02 Å². The number of hydrogen-bond acceptors (Lipinski definition) is 3. The fourth-order valence-corrected chi connectivity index (χ4v) is 1.89. The zero-order valence-corrected chi connectivity index (χ0v) is 10.9. The molecule has 0 saturated heterocycles. The van der Waals surface area contributed by atoms with Gasteiger partial charge in [0.1, 0.15) is 5.75 Å². The summed E-state index contributed by atoms with van der Waals surface area (Å²) in [6.45, 7) is -0.145. The third-order valence-electron chi connectivity index (χ3n) is 2.63. The number of benzene rings is 2. The summed E-state index contributed by atoms with van der Waals surface area (Å²) in [6, 6.07) is 13.8. The van der Waals surface area contributed by atoms with Gasteiger partial charge in [0.2, 0.25) is 5.78 Å². The van der Waals surface area contributed by atoms with Crippen molar-refractivity contribution >= 4 is 17.4 Å². The van der Waals surface area contributed by atoms with Crippen LogP contribution < -0.4 is 4.74 Å². The maximum Gasteiger partial charge on any atom is 0.201 e. The lowest BCUT2D eigenvalue weighted by Gasteiger charge is -2.07. The first-order chi connectivity index (χ1) is 9.20. The molecule has 0 radical (unpaired) electrons. The van der Waals surface area contributed by atoms with Crippen molar-refractivity contribution < 1.29 is 14.6 Å². The van der Waals surface area contributed by atoms with Crippen LogP contribution in [0.25, 0.3) is 0 Å². The SMILES string of the molecule is O=C(COc1cccc(CO)c1)c1ccccc1Cl. The Hall–Kier alpha value is -1.84. The first kappa shape index (κ1) is 13.6. The first-order valence-corrected chi connectivity index (χ1v) is 6.19. The standard InChI is InChI=1S/C15H13ClO3/c16-14-7-2-1-6-13(14)15(18)10-19-12-5-3-4-11(8-12)9-17/h1-8,17H,9-10H2. The molecule has 98 valence electrons. The van der Waals surface area contributed by atoms with E-state index in [2.05, 4.69) is 0 Å². The third-order valence-corrected chi connectivity index (χ3v) is 2.95. The molecule has 0 bridgehead atoms. The summed E-state index contributed by atoms with van der Waals surface area (Å²) in [4.78, 5) is 11.9. The Morgan fingerprint density at radius 1 is 1.16 bits per heavy atom. The van der Waals surface area contributed by atoms with E-state index in [-0.39, 0.29) is 19.0 Å². The van der Waals surface area contributed by atoms with Gasteiger partial charge < -0.3 is 9.84 Å². The second kappa shape index (κ2) is 6.36. The number of ketones is 1. The second-order valence-corrected chi connectivity index (χ2v) is 4.40. The van der Waals surface area contributed by atoms with Gasteiger partial charge in [-0.3, -0.25) is 4.79 Å². The van der Waals surface area contributed by atoms with Crippen molar-refractivity contribution in [2.75, 3.05) is 6.61 Å². The Balaban J connectivity index is 2.02. The average Bonchev–Trinajstić information content (AvgIpc) is 2.45. The van der Waals surface area contributed by atoms with Gasteiger partial charge in [-0.1, -0.05) is 35.9 Å². The van der Waals surface area contributed by atoms with Crippen molar-refractivity contribution in [1.29, 1.82) is 0 Å². The highest BCUT2D eigenvalue weighted by atomic mass is 35.5. The molecule has 0 aliphatic heterocycles. The fourth-order valence-electron chi connectivity index (χ4n) is 1.65. The molecule has 0 aromatic heterocycles. The van der Waals surface area contributed by atoms with Gasteiger partial charge in [0.05, 0.1) is 11.6 Å². The van der Waals surface area contributed by atoms with Gasteiger partial charge in [-0.15, -0.1) is 0 Å². The van der Waals surface area contributed by atoms with Crippen molar-refractivity contribution in [2.24, 2.45) is 0 Å². The van der Waals surface area contributed by atoms with Crippen molar-refractivity contribution in [2.45, 2.75) is 6.61 Å². The van der Waals surface area contributed by atoms with Crippen molar-refractivity contribution in [3.8, 4) is 5.75 Å². The quantitative estimate of drug-likeness (QED) is 0.854. The summed E-state index contributed by atoms with van der Waals surface area (Å²) >= 11 is 5.94. The number of aliphatic hydroxyl groups excluding tert-OH is 1. The normalized spacial score (nSPS) is 10.2. The third kappa shape index (κ3) is 3.56. The molecular formula is C15H13ClO3. The van der Waals surface area contributed by atoms with Gasteiger partial charge >= 0.3 is 0 Å². The molecule has 0 atom stereocenters. The Labute approximate surface area is 116 Å². The molecule has 19 heavy (non-hydrogen) atoms. The van der Waals surface area contributed by atoms with E-state index in [0.29, 0.717) is 16.3 Å². The lowest BCUT2D eigenvalue weighted by atomic mass is 10.1. The lowest BCUT2D eigenvalue weighted by Crippen LogP contribution is -2.12. The molecule has 0 amide bonds. The van der Waals surface area contributed by atoms with Crippen LogP contribution in [-0.2, 0) is 6.61 Å². The summed E-state index contributed by atoms with van der Waals surface area (Å²) < 4.78 is 5.40. The maximum absolute atomic E-state index is 11.9. The van der Waals surface area contributed by atoms with Gasteiger partial charge in [0, 0.05) is 5.56 Å². The zero-order valence-electron chi connectivity index (χ0n) is 10.2. The molecule has 0 spiro atoms. The minimum atomic E-state index is -0.181. The number of carbonyl (C=O) groups is 1. The predicted octanol–water partition coefficient (Wildman–Crippen LogP) is 3.09. The van der Waals surface area contributed by atoms with E-state index in [1.807, 2.05) is 0 Å². The van der Waals surface area contributed by atoms with Crippen LogP contribution in [0.1, 0.15) is 15.9 Å². The highest BCUT2D eigenvalue weighted by Crippen LogP contribution is 2.17. The monoisotopic (exact) mass is 276 g/mol. The van der Waals surface area contributed by atoms with E-state index in [9.17, 15) is 4.79 Å². The minimum absolute atomic E-state index is 0.0599. The number of ether oxygens (including phenoxy) is 1. The van der Waals surface area contributed by atoms with Crippen LogP contribution in [0.3, 0.4) is 0 Å². The van der Waals surface area contributed by atoms with Gasteiger partial charge in [-0.25, -0.2) is 0 Å². The van der Waals surface area contributed by atoms with E-state index in [1.54, 1.807) is 48.5 Å². The van der Waals surface area contributed by atoms with Crippen LogP contribution in [0, 0.1) is 0 Å². The molecule has 0 aliphatic carbocycles. The Bertz CT molecular complexity index is 581. The van der Waals surface area contributed by atoms with Crippen LogP contribution in [-0.4, -0.2) is 17.5 Å². The van der Waals surface area contributed by atoms with Gasteiger partial charge in [-0.05, 0) is 29.8 Å². The molecule has 2 rings (SSSR count). The first-order valence-electron chi connectivity index (χ1n) is 5.81. The van der Waals surface area contributed by atoms with E-state index < -0.39 is 0 Å². The molecule has 2 aromatic rings. The Morgan fingerprint density at radius 2 is 1.95 bits per heavy atom. The number of hydrogen-bond donors (Lipinski definition) is 1. The highest BCUT2D eigenvalue weighted by molar-refractivity contribution is 6.34. The molecule has 0 fully saturated rings. The molecule has 0 heterocycles. The summed E-state index contributed by atoms with van der Waals surface area (Å²) in [7, 11) is 0. The number of carbonyl (C=O) groups excluding carboxylic acids is 1. The topological polar surface area (TPSA) is 46.5 Å². The Morgan fingerprint density at radius 3 is 2.68 bits per heavy atom. The highest BCUT2D eigenvalue weighted by Gasteiger charge is 2.10. The number of rotatable bonds is 5. The molecule has 4 heteroatoms. The molecule has 3 nitrogen and oxygen atoms in total. The Kier molecular flexibility index (Phi) is 4.55.